The molecular formula is C15H19IN4O3S. The van der Waals surface area contributed by atoms with E-state index in [0.717, 1.165) is 11.1 Å². The zero-order valence-electron chi connectivity index (χ0n) is 13.3. The van der Waals surface area contributed by atoms with Gasteiger partial charge in [0.05, 0.1) is 27.8 Å². The maximum Gasteiger partial charge on any atom is 0.323 e. The first-order valence-corrected chi connectivity index (χ1v) is 9.76. The van der Waals surface area contributed by atoms with Gasteiger partial charge in [-0.1, -0.05) is 24.3 Å². The van der Waals surface area contributed by atoms with Crippen LogP contribution in [0.25, 0.3) is 10.8 Å². The molecule has 0 bridgehead atoms. The molecule has 0 unspecified atom stereocenters. The van der Waals surface area contributed by atoms with E-state index < -0.39 is 10.0 Å². The molecule has 9 heteroatoms. The van der Waals surface area contributed by atoms with E-state index in [9.17, 15) is 13.2 Å². The number of carbonyl (C=O) groups excluding carboxylic acids is 1. The molecular weight excluding hydrogens is 443 g/mol. The van der Waals surface area contributed by atoms with Gasteiger partial charge in [0.2, 0.25) is 10.0 Å². The average molecular weight is 462 g/mol. The number of carbonyl (C=O) groups is 1. The number of hydrogen-bond donors (Lipinski definition) is 3. The van der Waals surface area contributed by atoms with Crippen LogP contribution >= 0.6 is 22.9 Å². The van der Waals surface area contributed by atoms with Crippen LogP contribution in [-0.2, 0) is 10.0 Å². The van der Waals surface area contributed by atoms with Gasteiger partial charge >= 0.3 is 6.03 Å². The number of nitrogens with one attached hydrogen (secondary N) is 3. The molecule has 130 valence electrons. The van der Waals surface area contributed by atoms with Crippen molar-refractivity contribution in [2.45, 2.75) is 4.90 Å². The van der Waals surface area contributed by atoms with Gasteiger partial charge in [-0.25, -0.2) is 17.9 Å². The van der Waals surface area contributed by atoms with Crippen LogP contribution in [0.15, 0.2) is 41.3 Å². The summed E-state index contributed by atoms with van der Waals surface area (Å²) in [6.07, 6.45) is 0. The third-order valence-corrected chi connectivity index (χ3v) is 5.43. The summed E-state index contributed by atoms with van der Waals surface area (Å²) in [6.45, 7) is 0.304. The summed E-state index contributed by atoms with van der Waals surface area (Å²) in [5.41, 5.74) is 0.949. The Morgan fingerprint density at radius 1 is 1.08 bits per heavy atom. The molecule has 0 fully saturated rings. The number of sulfonamides is 1. The Bertz CT molecular complexity index is 840. The number of rotatable bonds is 6. The molecule has 2 amide bonds. The lowest BCUT2D eigenvalue weighted by Gasteiger charge is -2.17. The summed E-state index contributed by atoms with van der Waals surface area (Å²) >= 11 is 1.70. The molecule has 0 heterocycles. The number of halogens is 1. The highest BCUT2D eigenvalue weighted by Gasteiger charge is 2.18. The molecule has 0 saturated carbocycles. The Morgan fingerprint density at radius 3 is 2.42 bits per heavy atom. The topological polar surface area (TPSA) is 90.5 Å². The molecule has 0 aliphatic heterocycles. The molecule has 0 aliphatic carbocycles. The SMILES string of the molecule is CN(C)c1cccc2c(S(=O)(=O)NCCNC(=O)NI)cccc12. The van der Waals surface area contributed by atoms with E-state index in [4.69, 9.17) is 0 Å². The van der Waals surface area contributed by atoms with Crippen molar-refractivity contribution < 1.29 is 13.2 Å². The summed E-state index contributed by atoms with van der Waals surface area (Å²) in [5, 5.41) is 4.06. The predicted molar refractivity (Wildman–Crippen MR) is 104 cm³/mol. The molecule has 2 aromatic carbocycles. The first-order chi connectivity index (χ1) is 11.4. The van der Waals surface area contributed by atoms with E-state index in [-0.39, 0.29) is 24.0 Å². The zero-order valence-corrected chi connectivity index (χ0v) is 16.3. The summed E-state index contributed by atoms with van der Waals surface area (Å²) in [6, 6.07) is 10.4. The van der Waals surface area contributed by atoms with Crippen LogP contribution < -0.4 is 18.5 Å². The van der Waals surface area contributed by atoms with Crippen LogP contribution in [0.4, 0.5) is 10.5 Å². The fourth-order valence-electron chi connectivity index (χ4n) is 2.36. The van der Waals surface area contributed by atoms with Gasteiger partial charge in [-0.2, -0.15) is 0 Å². The van der Waals surface area contributed by atoms with E-state index in [2.05, 4.69) is 13.6 Å². The van der Waals surface area contributed by atoms with Crippen LogP contribution in [0, 0.1) is 0 Å². The van der Waals surface area contributed by atoms with Crippen LogP contribution in [0.2, 0.25) is 0 Å². The smallest absolute Gasteiger partial charge is 0.323 e. The van der Waals surface area contributed by atoms with Gasteiger partial charge in [-0.15, -0.1) is 0 Å². The number of amides is 2. The van der Waals surface area contributed by atoms with Gasteiger partial charge in [0.15, 0.2) is 0 Å². The maximum absolute atomic E-state index is 12.6. The highest BCUT2D eigenvalue weighted by molar-refractivity contribution is 14.1. The van der Waals surface area contributed by atoms with E-state index in [0.29, 0.717) is 5.39 Å². The number of anilines is 1. The van der Waals surface area contributed by atoms with Gasteiger partial charge in [0, 0.05) is 43.6 Å². The first-order valence-electron chi connectivity index (χ1n) is 7.20. The van der Waals surface area contributed by atoms with Crippen molar-refractivity contribution in [1.82, 2.24) is 13.6 Å². The standard InChI is InChI=1S/C15H19IN4O3S/c1-20(2)13-7-3-6-12-11(13)5-4-8-14(12)24(22,23)18-10-9-17-15(21)19-16/h3-8,18H,9-10H2,1-2H3,(H2,17,19,21). The van der Waals surface area contributed by atoms with Crippen molar-refractivity contribution in [3.05, 3.63) is 36.4 Å². The summed E-state index contributed by atoms with van der Waals surface area (Å²) in [5.74, 6) is 0. The molecule has 2 aromatic rings. The van der Waals surface area contributed by atoms with Crippen molar-refractivity contribution >= 4 is 55.4 Å². The highest BCUT2D eigenvalue weighted by Crippen LogP contribution is 2.29. The fourth-order valence-corrected chi connectivity index (χ4v) is 3.80. The number of nitrogens with zero attached hydrogens (tertiary/aromatic N) is 1. The normalized spacial score (nSPS) is 11.3. The lowest BCUT2D eigenvalue weighted by Crippen LogP contribution is -2.37. The predicted octanol–water partition coefficient (Wildman–Crippen LogP) is 1.83. The quantitative estimate of drug-likeness (QED) is 0.347. The zero-order chi connectivity index (χ0) is 17.7. The number of hydrogen-bond acceptors (Lipinski definition) is 4. The largest absolute Gasteiger partial charge is 0.377 e. The van der Waals surface area contributed by atoms with Crippen molar-refractivity contribution in [2.75, 3.05) is 32.1 Å². The Labute approximate surface area is 155 Å². The second kappa shape index (κ2) is 7.99. The van der Waals surface area contributed by atoms with E-state index >= 15 is 0 Å². The van der Waals surface area contributed by atoms with Crippen LogP contribution in [0.3, 0.4) is 0 Å². The molecule has 7 nitrogen and oxygen atoms in total. The van der Waals surface area contributed by atoms with Crippen LogP contribution in [0.5, 0.6) is 0 Å². The van der Waals surface area contributed by atoms with Crippen molar-refractivity contribution in [1.29, 1.82) is 0 Å². The molecule has 3 N–H and O–H groups in total. The van der Waals surface area contributed by atoms with Gasteiger partial charge < -0.3 is 10.2 Å². The molecule has 0 aromatic heterocycles. The van der Waals surface area contributed by atoms with E-state index in [1.54, 1.807) is 41.1 Å². The Kier molecular flexibility index (Phi) is 6.24. The van der Waals surface area contributed by atoms with Crippen LogP contribution in [-0.4, -0.2) is 41.6 Å². The lowest BCUT2D eigenvalue weighted by molar-refractivity contribution is 0.247. The van der Waals surface area contributed by atoms with Crippen molar-refractivity contribution in [3.8, 4) is 0 Å². The number of urea groups is 1. The van der Waals surface area contributed by atoms with Crippen molar-refractivity contribution in [3.63, 3.8) is 0 Å². The summed E-state index contributed by atoms with van der Waals surface area (Å²) in [4.78, 5) is 13.2. The Morgan fingerprint density at radius 2 is 1.75 bits per heavy atom. The number of benzene rings is 2. The van der Waals surface area contributed by atoms with Gasteiger partial charge in [0.25, 0.3) is 0 Å². The Balaban J connectivity index is 2.27. The Hall–Kier alpha value is -1.59. The molecule has 0 saturated heterocycles. The monoisotopic (exact) mass is 462 g/mol. The lowest BCUT2D eigenvalue weighted by atomic mass is 10.1. The summed E-state index contributed by atoms with van der Waals surface area (Å²) < 4.78 is 30.1. The van der Waals surface area contributed by atoms with Gasteiger partial charge in [-0.05, 0) is 12.1 Å². The minimum atomic E-state index is -3.68. The molecule has 0 aliphatic rings. The third-order valence-electron chi connectivity index (χ3n) is 3.42. The minimum Gasteiger partial charge on any atom is -0.377 e. The van der Waals surface area contributed by atoms with Crippen LogP contribution in [0.1, 0.15) is 0 Å². The first kappa shape index (κ1) is 18.7. The van der Waals surface area contributed by atoms with E-state index in [1.165, 1.54) is 0 Å². The maximum atomic E-state index is 12.6. The van der Waals surface area contributed by atoms with Gasteiger partial charge in [0.1, 0.15) is 0 Å². The minimum absolute atomic E-state index is 0.107. The highest BCUT2D eigenvalue weighted by atomic mass is 127. The van der Waals surface area contributed by atoms with E-state index in [1.807, 2.05) is 37.2 Å². The molecule has 0 radical (unpaired) electrons. The number of fused-ring (bicyclic) bond motifs is 1. The average Bonchev–Trinajstić information content (AvgIpc) is 2.57. The second-order valence-corrected chi connectivity index (χ2v) is 7.55. The molecule has 0 atom stereocenters. The van der Waals surface area contributed by atoms with Gasteiger partial charge in [-0.3, -0.25) is 3.53 Å². The van der Waals surface area contributed by atoms with Crippen molar-refractivity contribution in [2.24, 2.45) is 0 Å². The second-order valence-electron chi connectivity index (χ2n) is 5.27. The molecule has 24 heavy (non-hydrogen) atoms. The summed E-state index contributed by atoms with van der Waals surface area (Å²) in [7, 11) is 0.153. The molecule has 2 rings (SSSR count). The molecule has 0 spiro atoms. The fraction of sp³-hybridized carbons (Fsp3) is 0.267. The third kappa shape index (κ3) is 4.28.